The lowest BCUT2D eigenvalue weighted by atomic mass is 10.00. The summed E-state index contributed by atoms with van der Waals surface area (Å²) in [6.07, 6.45) is 6.09. The number of ether oxygens (including phenoxy) is 1. The van der Waals surface area contributed by atoms with E-state index in [1.165, 1.54) is 25.7 Å². The second-order valence-electron chi connectivity index (χ2n) is 7.12. The van der Waals surface area contributed by atoms with E-state index in [9.17, 15) is 4.79 Å². The van der Waals surface area contributed by atoms with Gasteiger partial charge < -0.3 is 15.4 Å². The highest BCUT2D eigenvalue weighted by Crippen LogP contribution is 2.27. The third kappa shape index (κ3) is 7.13. The minimum atomic E-state index is -0.432. The molecule has 118 valence electrons. The third-order valence-corrected chi connectivity index (χ3v) is 3.91. The highest BCUT2D eigenvalue weighted by Gasteiger charge is 2.21. The van der Waals surface area contributed by atoms with E-state index in [0.29, 0.717) is 6.04 Å². The minimum absolute atomic E-state index is 0.133. The van der Waals surface area contributed by atoms with Gasteiger partial charge in [-0.3, -0.25) is 0 Å². The highest BCUT2D eigenvalue weighted by atomic mass is 16.6. The van der Waals surface area contributed by atoms with Crippen molar-refractivity contribution in [2.24, 2.45) is 5.92 Å². The zero-order chi connectivity index (χ0) is 15.2. The Morgan fingerprint density at radius 2 is 1.85 bits per heavy atom. The molecule has 1 fully saturated rings. The van der Waals surface area contributed by atoms with Crippen molar-refractivity contribution >= 4 is 6.09 Å². The summed E-state index contributed by atoms with van der Waals surface area (Å²) in [5.41, 5.74) is -0.432. The first-order chi connectivity index (χ1) is 9.28. The second kappa shape index (κ2) is 7.87. The molecule has 0 aromatic rings. The Morgan fingerprint density at radius 1 is 1.25 bits per heavy atom. The zero-order valence-corrected chi connectivity index (χ0v) is 13.8. The number of carbonyl (C=O) groups is 1. The Balaban J connectivity index is 2.13. The zero-order valence-electron chi connectivity index (χ0n) is 13.8. The second-order valence-corrected chi connectivity index (χ2v) is 7.12. The van der Waals surface area contributed by atoms with E-state index in [0.717, 1.165) is 18.9 Å². The van der Waals surface area contributed by atoms with Gasteiger partial charge in [-0.05, 0) is 66.3 Å². The van der Waals surface area contributed by atoms with Gasteiger partial charge in [-0.25, -0.2) is 4.79 Å². The fourth-order valence-corrected chi connectivity index (χ4v) is 2.73. The molecule has 1 aliphatic carbocycles. The SMILES string of the molecule is CC(CCNC(C)C1CCCC1)NC(=O)OC(C)(C)C. The molecule has 2 N–H and O–H groups in total. The van der Waals surface area contributed by atoms with E-state index in [-0.39, 0.29) is 12.1 Å². The van der Waals surface area contributed by atoms with E-state index in [1.807, 2.05) is 27.7 Å². The first kappa shape index (κ1) is 17.3. The van der Waals surface area contributed by atoms with E-state index in [2.05, 4.69) is 17.6 Å². The molecule has 0 heterocycles. The van der Waals surface area contributed by atoms with Crippen LogP contribution in [-0.4, -0.2) is 30.3 Å². The van der Waals surface area contributed by atoms with E-state index in [4.69, 9.17) is 4.74 Å². The van der Waals surface area contributed by atoms with E-state index >= 15 is 0 Å². The molecule has 0 bridgehead atoms. The van der Waals surface area contributed by atoms with Crippen LogP contribution < -0.4 is 10.6 Å². The molecule has 0 aromatic heterocycles. The fraction of sp³-hybridized carbons (Fsp3) is 0.938. The average Bonchev–Trinajstić information content (AvgIpc) is 2.78. The van der Waals surface area contributed by atoms with Crippen LogP contribution >= 0.6 is 0 Å². The van der Waals surface area contributed by atoms with Crippen molar-refractivity contribution in [1.29, 1.82) is 0 Å². The fourth-order valence-electron chi connectivity index (χ4n) is 2.73. The van der Waals surface area contributed by atoms with Gasteiger partial charge in [0.15, 0.2) is 0 Å². The number of nitrogens with one attached hydrogen (secondary N) is 2. The van der Waals surface area contributed by atoms with Gasteiger partial charge in [0.25, 0.3) is 0 Å². The predicted octanol–water partition coefficient (Wildman–Crippen LogP) is 3.46. The van der Waals surface area contributed by atoms with Crippen LogP contribution in [0.25, 0.3) is 0 Å². The lowest BCUT2D eigenvalue weighted by molar-refractivity contribution is 0.0506. The molecule has 2 unspecified atom stereocenters. The summed E-state index contributed by atoms with van der Waals surface area (Å²) in [7, 11) is 0. The molecular formula is C16H32N2O2. The molecular weight excluding hydrogens is 252 g/mol. The van der Waals surface area contributed by atoms with Crippen molar-refractivity contribution in [3.8, 4) is 0 Å². The topological polar surface area (TPSA) is 50.4 Å². The van der Waals surface area contributed by atoms with Gasteiger partial charge in [0.1, 0.15) is 5.60 Å². The van der Waals surface area contributed by atoms with E-state index < -0.39 is 5.60 Å². The highest BCUT2D eigenvalue weighted by molar-refractivity contribution is 5.67. The lowest BCUT2D eigenvalue weighted by Gasteiger charge is -2.23. The number of rotatable bonds is 6. The molecule has 4 heteroatoms. The summed E-state index contributed by atoms with van der Waals surface area (Å²) in [5, 5.41) is 6.46. The number of amides is 1. The monoisotopic (exact) mass is 284 g/mol. The van der Waals surface area contributed by atoms with E-state index in [1.54, 1.807) is 0 Å². The molecule has 0 aliphatic heterocycles. The summed E-state index contributed by atoms with van der Waals surface area (Å²) in [6, 6.07) is 0.722. The molecule has 0 saturated heterocycles. The van der Waals surface area contributed by atoms with Crippen LogP contribution in [0.4, 0.5) is 4.79 Å². The maximum Gasteiger partial charge on any atom is 0.407 e. The molecule has 1 saturated carbocycles. The normalized spacial score (nSPS) is 19.6. The third-order valence-electron chi connectivity index (χ3n) is 3.91. The molecule has 1 aliphatic rings. The first-order valence-electron chi connectivity index (χ1n) is 8.01. The van der Waals surface area contributed by atoms with Crippen molar-refractivity contribution < 1.29 is 9.53 Å². The predicted molar refractivity (Wildman–Crippen MR) is 82.9 cm³/mol. The van der Waals surface area contributed by atoms with Gasteiger partial charge >= 0.3 is 6.09 Å². The number of carbonyl (C=O) groups excluding carboxylic acids is 1. The molecule has 20 heavy (non-hydrogen) atoms. The number of hydrogen-bond acceptors (Lipinski definition) is 3. The molecule has 4 nitrogen and oxygen atoms in total. The Hall–Kier alpha value is -0.770. The van der Waals surface area contributed by atoms with Gasteiger partial charge in [0.05, 0.1) is 0 Å². The quantitative estimate of drug-likeness (QED) is 0.785. The Kier molecular flexibility index (Phi) is 6.80. The minimum Gasteiger partial charge on any atom is -0.444 e. The van der Waals surface area contributed by atoms with Crippen LogP contribution in [0.1, 0.15) is 66.7 Å². The molecule has 0 spiro atoms. The molecule has 1 amide bonds. The lowest BCUT2D eigenvalue weighted by Crippen LogP contribution is -2.40. The van der Waals surface area contributed by atoms with Crippen molar-refractivity contribution in [3.05, 3.63) is 0 Å². The molecule has 1 rings (SSSR count). The van der Waals surface area contributed by atoms with Gasteiger partial charge in [0.2, 0.25) is 0 Å². The van der Waals surface area contributed by atoms with Gasteiger partial charge in [-0.1, -0.05) is 12.8 Å². The average molecular weight is 284 g/mol. The van der Waals surface area contributed by atoms with Crippen LogP contribution in [0, 0.1) is 5.92 Å². The van der Waals surface area contributed by atoms with Gasteiger partial charge in [-0.15, -0.1) is 0 Å². The number of hydrogen-bond donors (Lipinski definition) is 2. The van der Waals surface area contributed by atoms with Crippen LogP contribution in [0.2, 0.25) is 0 Å². The summed E-state index contributed by atoms with van der Waals surface area (Å²) in [4.78, 5) is 11.6. The van der Waals surface area contributed by atoms with Crippen molar-refractivity contribution in [1.82, 2.24) is 10.6 Å². The number of alkyl carbamates (subject to hydrolysis) is 1. The largest absolute Gasteiger partial charge is 0.444 e. The Morgan fingerprint density at radius 3 is 2.40 bits per heavy atom. The van der Waals surface area contributed by atoms with Crippen molar-refractivity contribution in [2.75, 3.05) is 6.54 Å². The molecule has 2 atom stereocenters. The summed E-state index contributed by atoms with van der Waals surface area (Å²) in [6.45, 7) is 10.9. The maximum atomic E-state index is 11.6. The first-order valence-corrected chi connectivity index (χ1v) is 8.01. The smallest absolute Gasteiger partial charge is 0.407 e. The van der Waals surface area contributed by atoms with Crippen LogP contribution in [0.15, 0.2) is 0 Å². The van der Waals surface area contributed by atoms with Crippen molar-refractivity contribution in [3.63, 3.8) is 0 Å². The summed E-state index contributed by atoms with van der Waals surface area (Å²) in [5.74, 6) is 0.837. The Labute approximate surface area is 124 Å². The summed E-state index contributed by atoms with van der Waals surface area (Å²) >= 11 is 0. The van der Waals surface area contributed by atoms with Crippen LogP contribution in [0.3, 0.4) is 0 Å². The van der Waals surface area contributed by atoms with Crippen molar-refractivity contribution in [2.45, 2.75) is 84.4 Å². The standard InChI is InChI=1S/C16H32N2O2/c1-12(18-15(19)20-16(3,4)5)10-11-17-13(2)14-8-6-7-9-14/h12-14,17H,6-11H2,1-5H3,(H,18,19). The summed E-state index contributed by atoms with van der Waals surface area (Å²) < 4.78 is 5.25. The van der Waals surface area contributed by atoms with Crippen LogP contribution in [0.5, 0.6) is 0 Å². The van der Waals surface area contributed by atoms with Gasteiger partial charge in [0, 0.05) is 12.1 Å². The van der Waals surface area contributed by atoms with Crippen LogP contribution in [-0.2, 0) is 4.74 Å². The molecule has 0 radical (unpaired) electrons. The Bertz CT molecular complexity index is 293. The van der Waals surface area contributed by atoms with Gasteiger partial charge in [-0.2, -0.15) is 0 Å². The maximum absolute atomic E-state index is 11.6. The molecule has 0 aromatic carbocycles.